The van der Waals surface area contributed by atoms with Gasteiger partial charge in [-0.05, 0) is 6.07 Å². The standard InChI is InChI=1S/C9H4F5N3O2/c10-8(11,9(12,13)14)7-15-4-2-1-3-5(17(18)19)6(4)16-7/h1-3H,(H,15,16). The summed E-state index contributed by atoms with van der Waals surface area (Å²) in [5.41, 5.74) is -1.47. The van der Waals surface area contributed by atoms with E-state index in [1.165, 1.54) is 0 Å². The van der Waals surface area contributed by atoms with Crippen LogP contribution in [0.1, 0.15) is 5.82 Å². The molecule has 0 spiro atoms. The average molecular weight is 281 g/mol. The lowest BCUT2D eigenvalue weighted by Gasteiger charge is -2.16. The first kappa shape index (κ1) is 13.2. The first-order chi connectivity index (χ1) is 8.64. The Morgan fingerprint density at radius 2 is 1.84 bits per heavy atom. The topological polar surface area (TPSA) is 71.8 Å². The molecule has 0 saturated heterocycles. The van der Waals surface area contributed by atoms with Crippen molar-refractivity contribution in [1.29, 1.82) is 0 Å². The maximum absolute atomic E-state index is 13.0. The van der Waals surface area contributed by atoms with Crippen molar-refractivity contribution in [2.45, 2.75) is 12.1 Å². The van der Waals surface area contributed by atoms with Gasteiger partial charge in [-0.25, -0.2) is 4.98 Å². The zero-order valence-corrected chi connectivity index (χ0v) is 8.83. The molecule has 0 amide bonds. The van der Waals surface area contributed by atoms with E-state index in [0.717, 1.165) is 18.2 Å². The van der Waals surface area contributed by atoms with Crippen molar-refractivity contribution in [3.63, 3.8) is 0 Å². The van der Waals surface area contributed by atoms with E-state index in [9.17, 15) is 32.1 Å². The van der Waals surface area contributed by atoms with Crippen LogP contribution in [-0.4, -0.2) is 21.1 Å². The molecule has 0 radical (unpaired) electrons. The van der Waals surface area contributed by atoms with E-state index in [2.05, 4.69) is 4.98 Å². The molecule has 2 rings (SSSR count). The Balaban J connectivity index is 2.66. The van der Waals surface area contributed by atoms with E-state index in [1.807, 2.05) is 0 Å². The van der Waals surface area contributed by atoms with Crippen LogP contribution in [0.5, 0.6) is 0 Å². The number of benzene rings is 1. The van der Waals surface area contributed by atoms with Gasteiger partial charge in [-0.3, -0.25) is 10.1 Å². The lowest BCUT2D eigenvalue weighted by molar-refractivity contribution is -0.383. The number of nitro groups is 1. The fraction of sp³-hybridized carbons (Fsp3) is 0.222. The van der Waals surface area contributed by atoms with Crippen molar-refractivity contribution in [3.05, 3.63) is 34.1 Å². The van der Waals surface area contributed by atoms with Crippen LogP contribution < -0.4 is 0 Å². The van der Waals surface area contributed by atoms with Gasteiger partial charge >= 0.3 is 12.1 Å². The van der Waals surface area contributed by atoms with Gasteiger partial charge in [0.2, 0.25) is 0 Å². The number of hydrogen-bond donors (Lipinski definition) is 1. The smallest absolute Gasteiger partial charge is 0.336 e. The molecule has 1 aromatic carbocycles. The van der Waals surface area contributed by atoms with Crippen LogP contribution in [-0.2, 0) is 5.92 Å². The summed E-state index contributed by atoms with van der Waals surface area (Å²) in [6.45, 7) is 0. The second-order valence-electron chi connectivity index (χ2n) is 3.59. The number of fused-ring (bicyclic) bond motifs is 1. The minimum Gasteiger partial charge on any atom is -0.336 e. The summed E-state index contributed by atoms with van der Waals surface area (Å²) in [6.07, 6.45) is -5.84. The average Bonchev–Trinajstić information content (AvgIpc) is 2.70. The molecule has 5 nitrogen and oxygen atoms in total. The lowest BCUT2D eigenvalue weighted by atomic mass is 10.3. The van der Waals surface area contributed by atoms with Gasteiger partial charge in [0, 0.05) is 6.07 Å². The summed E-state index contributed by atoms with van der Waals surface area (Å²) in [7, 11) is 0. The number of halogens is 5. The maximum Gasteiger partial charge on any atom is 0.461 e. The molecule has 19 heavy (non-hydrogen) atoms. The Morgan fingerprint density at radius 3 is 2.37 bits per heavy atom. The number of aromatic nitrogens is 2. The number of H-pyrrole nitrogens is 1. The number of nitro benzene ring substituents is 1. The monoisotopic (exact) mass is 281 g/mol. The van der Waals surface area contributed by atoms with Gasteiger partial charge in [-0.2, -0.15) is 22.0 Å². The Labute approximate surface area is 101 Å². The number of alkyl halides is 5. The van der Waals surface area contributed by atoms with Gasteiger partial charge < -0.3 is 4.98 Å². The van der Waals surface area contributed by atoms with Crippen molar-refractivity contribution in [1.82, 2.24) is 9.97 Å². The minimum absolute atomic E-state index is 0.270. The van der Waals surface area contributed by atoms with Gasteiger partial charge in [-0.15, -0.1) is 0 Å². The Bertz CT molecular complexity index is 649. The number of nitrogens with one attached hydrogen (secondary N) is 1. The lowest BCUT2D eigenvalue weighted by Crippen LogP contribution is -2.34. The highest BCUT2D eigenvalue weighted by Crippen LogP contribution is 2.43. The van der Waals surface area contributed by atoms with E-state index in [0.29, 0.717) is 0 Å². The van der Waals surface area contributed by atoms with E-state index >= 15 is 0 Å². The molecule has 2 aromatic rings. The zero-order chi connectivity index (χ0) is 14.4. The second kappa shape index (κ2) is 3.87. The van der Waals surface area contributed by atoms with Crippen LogP contribution in [0.2, 0.25) is 0 Å². The number of hydrogen-bond acceptors (Lipinski definition) is 3. The quantitative estimate of drug-likeness (QED) is 0.522. The van der Waals surface area contributed by atoms with E-state index in [1.54, 1.807) is 4.98 Å². The predicted octanol–water partition coefficient (Wildman–Crippen LogP) is 3.13. The molecule has 0 bridgehead atoms. The first-order valence-corrected chi connectivity index (χ1v) is 4.72. The Morgan fingerprint density at radius 1 is 1.21 bits per heavy atom. The molecular formula is C9H4F5N3O2. The fourth-order valence-electron chi connectivity index (χ4n) is 1.45. The van der Waals surface area contributed by atoms with Gasteiger partial charge in [0.1, 0.15) is 0 Å². The maximum atomic E-state index is 13.0. The molecule has 102 valence electrons. The third-order valence-electron chi connectivity index (χ3n) is 2.34. The van der Waals surface area contributed by atoms with Crippen LogP contribution in [0, 0.1) is 10.1 Å². The number of rotatable bonds is 2. The first-order valence-electron chi connectivity index (χ1n) is 4.72. The molecular weight excluding hydrogens is 277 g/mol. The fourth-order valence-corrected chi connectivity index (χ4v) is 1.45. The van der Waals surface area contributed by atoms with Crippen molar-refractivity contribution in [2.24, 2.45) is 0 Å². The van der Waals surface area contributed by atoms with Crippen molar-refractivity contribution < 1.29 is 26.9 Å². The molecule has 0 aliphatic carbocycles. The number of imidazole rings is 1. The van der Waals surface area contributed by atoms with Crippen LogP contribution in [0.15, 0.2) is 18.2 Å². The van der Waals surface area contributed by atoms with Crippen molar-refractivity contribution >= 4 is 16.7 Å². The highest BCUT2D eigenvalue weighted by Gasteiger charge is 2.61. The van der Waals surface area contributed by atoms with Gasteiger partial charge in [0.25, 0.3) is 5.69 Å². The number of aromatic amines is 1. The summed E-state index contributed by atoms with van der Waals surface area (Å²) in [5.74, 6) is -6.89. The SMILES string of the molecule is O=[N+]([O-])c1cccc2[nH]c(C(F)(F)C(F)(F)F)nc12. The molecule has 1 aromatic heterocycles. The largest absolute Gasteiger partial charge is 0.461 e. The van der Waals surface area contributed by atoms with Crippen LogP contribution in [0.4, 0.5) is 27.6 Å². The third-order valence-corrected chi connectivity index (χ3v) is 2.34. The summed E-state index contributed by atoms with van der Waals surface area (Å²) in [6, 6.07) is 3.22. The van der Waals surface area contributed by atoms with Crippen LogP contribution in [0.3, 0.4) is 0 Å². The van der Waals surface area contributed by atoms with E-state index in [4.69, 9.17) is 0 Å². The van der Waals surface area contributed by atoms with Gasteiger partial charge in [0.05, 0.1) is 10.4 Å². The van der Waals surface area contributed by atoms with Crippen LogP contribution in [0.25, 0.3) is 11.0 Å². The highest BCUT2D eigenvalue weighted by molar-refractivity contribution is 5.84. The van der Waals surface area contributed by atoms with Crippen molar-refractivity contribution in [3.8, 4) is 0 Å². The number of non-ortho nitro benzene ring substituents is 1. The zero-order valence-electron chi connectivity index (χ0n) is 8.83. The van der Waals surface area contributed by atoms with Crippen LogP contribution >= 0.6 is 0 Å². The predicted molar refractivity (Wildman–Crippen MR) is 52.7 cm³/mol. The summed E-state index contributed by atoms with van der Waals surface area (Å²) in [4.78, 5) is 14.5. The minimum atomic E-state index is -5.84. The third kappa shape index (κ3) is 1.98. The molecule has 0 fully saturated rings. The molecule has 0 saturated carbocycles. The summed E-state index contributed by atoms with van der Waals surface area (Å²) >= 11 is 0. The molecule has 0 aliphatic heterocycles. The molecule has 0 atom stereocenters. The van der Waals surface area contributed by atoms with E-state index < -0.39 is 34.1 Å². The second-order valence-corrected chi connectivity index (χ2v) is 3.59. The van der Waals surface area contributed by atoms with E-state index in [-0.39, 0.29) is 5.52 Å². The molecule has 1 heterocycles. The Kier molecular flexibility index (Phi) is 2.68. The van der Waals surface area contributed by atoms with Crippen molar-refractivity contribution in [2.75, 3.05) is 0 Å². The highest BCUT2D eigenvalue weighted by atomic mass is 19.4. The normalized spacial score (nSPS) is 12.9. The molecule has 0 unspecified atom stereocenters. The number of para-hydroxylation sites is 1. The Hall–Kier alpha value is -2.26. The molecule has 1 N–H and O–H groups in total. The van der Waals surface area contributed by atoms with Gasteiger partial charge in [-0.1, -0.05) is 6.07 Å². The molecule has 0 aliphatic rings. The molecule has 10 heteroatoms. The summed E-state index contributed by atoms with van der Waals surface area (Å²) in [5, 5.41) is 10.6. The number of nitrogens with zero attached hydrogens (tertiary/aromatic N) is 2. The van der Waals surface area contributed by atoms with Gasteiger partial charge in [0.15, 0.2) is 11.3 Å². The summed E-state index contributed by atoms with van der Waals surface area (Å²) < 4.78 is 62.6.